The van der Waals surface area contributed by atoms with Crippen LogP contribution in [0.1, 0.15) is 104 Å². The van der Waals surface area contributed by atoms with E-state index in [0.29, 0.717) is 12.8 Å². The molecule has 4 heterocycles. The van der Waals surface area contributed by atoms with E-state index in [1.807, 2.05) is 0 Å². The molecule has 0 spiro atoms. The van der Waals surface area contributed by atoms with Crippen molar-refractivity contribution in [2.75, 3.05) is 52.9 Å². The summed E-state index contributed by atoms with van der Waals surface area (Å²) in [6, 6.07) is 0. The minimum absolute atomic E-state index is 0.259. The van der Waals surface area contributed by atoms with Crippen LogP contribution >= 0.6 is 0 Å². The third-order valence-electron chi connectivity index (χ3n) is 13.3. The van der Waals surface area contributed by atoms with Crippen molar-refractivity contribution >= 4 is 0 Å². The zero-order valence-corrected chi connectivity index (χ0v) is 40.6. The summed E-state index contributed by atoms with van der Waals surface area (Å²) < 4.78 is 59.1. The number of hydrogen-bond acceptors (Lipinski definition) is 24. The second kappa shape index (κ2) is 32.5. The minimum atomic E-state index is -1.95. The molecular formula is C46H86O24. The van der Waals surface area contributed by atoms with Gasteiger partial charge < -0.3 is 119 Å². The van der Waals surface area contributed by atoms with Gasteiger partial charge in [0.15, 0.2) is 25.2 Å². The predicted molar refractivity (Wildman–Crippen MR) is 240 cm³/mol. The van der Waals surface area contributed by atoms with Crippen LogP contribution in [-0.4, -0.2) is 259 Å². The van der Waals surface area contributed by atoms with Gasteiger partial charge >= 0.3 is 0 Å². The summed E-state index contributed by atoms with van der Waals surface area (Å²) in [5.74, 6) is 0. The standard InChI is InChI=1S/C46H86O24/c1-3-5-7-9-11-13-15-17-61-23-29(67-43-39(59)35(55)41(27(21-49)65-43)69-45-37(57)33(53)31(51)25(19-47)63-45)30(24-62-18-16-14-12-10-8-6-4-2)68-44-40(60)36(56)42(28(22-50)66-44)70-46-38(58)34(54)32(52)26(20-48)64-46/h25-60H,3-24H2,1-2H3/t25?,26?,27?,28?,29-,30-,31-,32-,33+,34+,35-,36-,37?,38?,39?,40?,41-,42-,43+,44+,45-,46-/m1/s1. The monoisotopic (exact) mass is 1020 g/mol. The highest BCUT2D eigenvalue weighted by Gasteiger charge is 2.54. The van der Waals surface area contributed by atoms with Crippen LogP contribution in [0.25, 0.3) is 0 Å². The Kier molecular flexibility index (Phi) is 28.6. The van der Waals surface area contributed by atoms with Crippen LogP contribution in [0.5, 0.6) is 0 Å². The number of ether oxygens (including phenoxy) is 10. The van der Waals surface area contributed by atoms with Crippen molar-refractivity contribution in [2.45, 2.75) is 239 Å². The Morgan fingerprint density at radius 1 is 0.343 bits per heavy atom. The van der Waals surface area contributed by atoms with E-state index >= 15 is 0 Å². The van der Waals surface area contributed by atoms with Gasteiger partial charge in [-0.1, -0.05) is 90.9 Å². The molecule has 0 aromatic heterocycles. The first kappa shape index (κ1) is 61.6. The summed E-state index contributed by atoms with van der Waals surface area (Å²) in [6.07, 6.45) is -23.3. The quantitative estimate of drug-likeness (QED) is 0.0284. The number of rotatable bonds is 33. The molecule has 8 unspecified atom stereocenters. The van der Waals surface area contributed by atoms with Crippen molar-refractivity contribution in [3.63, 3.8) is 0 Å². The predicted octanol–water partition coefficient (Wildman–Crippen LogP) is -3.46. The van der Waals surface area contributed by atoms with Crippen molar-refractivity contribution in [1.82, 2.24) is 0 Å². The Morgan fingerprint density at radius 3 is 0.971 bits per heavy atom. The van der Waals surface area contributed by atoms with E-state index in [-0.39, 0.29) is 26.4 Å². The Labute approximate surface area is 409 Å². The van der Waals surface area contributed by atoms with Crippen LogP contribution in [0.4, 0.5) is 0 Å². The molecule has 24 nitrogen and oxygen atoms in total. The largest absolute Gasteiger partial charge is 0.394 e. The summed E-state index contributed by atoms with van der Waals surface area (Å²) >= 11 is 0. The van der Waals surface area contributed by atoms with E-state index in [1.165, 1.54) is 0 Å². The van der Waals surface area contributed by atoms with Crippen LogP contribution in [0.15, 0.2) is 0 Å². The molecule has 0 aliphatic carbocycles. The fourth-order valence-corrected chi connectivity index (χ4v) is 8.87. The zero-order valence-electron chi connectivity index (χ0n) is 40.6. The van der Waals surface area contributed by atoms with Gasteiger partial charge in [0.2, 0.25) is 0 Å². The van der Waals surface area contributed by atoms with Gasteiger partial charge in [0.1, 0.15) is 110 Å². The molecule has 0 amide bonds. The molecule has 70 heavy (non-hydrogen) atoms. The summed E-state index contributed by atoms with van der Waals surface area (Å²) in [5.41, 5.74) is 0. The van der Waals surface area contributed by atoms with E-state index in [4.69, 9.17) is 47.4 Å². The topological polar surface area (TPSA) is 376 Å². The average Bonchev–Trinajstić information content (AvgIpc) is 3.36. The van der Waals surface area contributed by atoms with Crippen molar-refractivity contribution < 1.29 is 119 Å². The SMILES string of the molecule is CCCCCCCCCOC[C@@H](O[C@@H]1OC(CO)[C@@H](O[C@H]2OC(CO)[C@@H](O)[C@H](O)C2O)[C@H](O)C1O)[C@@H](COCCCCCCCCC)O[C@@H]1OC(CO)[C@@H](O[C@H]2OC(CO)[C@@H](O)[C@H](O)C2O)[C@H](O)C1O. The molecule has 0 bridgehead atoms. The van der Waals surface area contributed by atoms with Gasteiger partial charge in [-0.25, -0.2) is 0 Å². The third kappa shape index (κ3) is 17.6. The molecule has 0 saturated carbocycles. The van der Waals surface area contributed by atoms with Gasteiger partial charge in [-0.2, -0.15) is 0 Å². The van der Waals surface area contributed by atoms with Crippen molar-refractivity contribution in [2.24, 2.45) is 0 Å². The van der Waals surface area contributed by atoms with Gasteiger partial charge in [0, 0.05) is 13.2 Å². The first-order valence-corrected chi connectivity index (χ1v) is 25.3. The summed E-state index contributed by atoms with van der Waals surface area (Å²) in [5, 5.41) is 149. The number of hydrogen-bond donors (Lipinski definition) is 14. The minimum Gasteiger partial charge on any atom is -0.394 e. The molecular weight excluding hydrogens is 936 g/mol. The first-order chi connectivity index (χ1) is 33.7. The van der Waals surface area contributed by atoms with Gasteiger partial charge in [0.25, 0.3) is 0 Å². The number of unbranched alkanes of at least 4 members (excludes halogenated alkanes) is 12. The van der Waals surface area contributed by atoms with E-state index < -0.39 is 161 Å². The maximum absolute atomic E-state index is 11.5. The smallest absolute Gasteiger partial charge is 0.187 e. The fourth-order valence-electron chi connectivity index (χ4n) is 8.87. The molecule has 4 fully saturated rings. The van der Waals surface area contributed by atoms with Crippen LogP contribution in [0.2, 0.25) is 0 Å². The van der Waals surface area contributed by atoms with Crippen molar-refractivity contribution in [3.8, 4) is 0 Å². The van der Waals surface area contributed by atoms with E-state index in [0.717, 1.165) is 77.0 Å². The lowest BCUT2D eigenvalue weighted by molar-refractivity contribution is -0.377. The highest BCUT2D eigenvalue weighted by atomic mass is 16.8. The molecule has 14 N–H and O–H groups in total. The van der Waals surface area contributed by atoms with Gasteiger partial charge in [-0.15, -0.1) is 0 Å². The number of aliphatic hydroxyl groups excluding tert-OH is 14. The maximum atomic E-state index is 11.5. The molecule has 4 aliphatic heterocycles. The highest BCUT2D eigenvalue weighted by molar-refractivity contribution is 4.97. The Hall–Kier alpha value is -0.960. The molecule has 0 radical (unpaired) electrons. The van der Waals surface area contributed by atoms with Gasteiger partial charge in [-0.3, -0.25) is 0 Å². The summed E-state index contributed by atoms with van der Waals surface area (Å²) in [4.78, 5) is 0. The van der Waals surface area contributed by atoms with Gasteiger partial charge in [-0.05, 0) is 12.8 Å². The van der Waals surface area contributed by atoms with Crippen LogP contribution in [0, 0.1) is 0 Å². The van der Waals surface area contributed by atoms with E-state index in [9.17, 15) is 71.5 Å². The lowest BCUT2D eigenvalue weighted by atomic mass is 9.96. The van der Waals surface area contributed by atoms with Crippen LogP contribution in [0.3, 0.4) is 0 Å². The maximum Gasteiger partial charge on any atom is 0.187 e. The molecule has 0 aromatic carbocycles. The van der Waals surface area contributed by atoms with Crippen LogP contribution < -0.4 is 0 Å². The number of aliphatic hydroxyl groups is 14. The zero-order chi connectivity index (χ0) is 51.3. The molecule has 4 rings (SSSR count). The third-order valence-corrected chi connectivity index (χ3v) is 13.3. The van der Waals surface area contributed by atoms with Gasteiger partial charge in [0.05, 0.1) is 39.6 Å². The second-order valence-electron chi connectivity index (χ2n) is 18.8. The Bertz CT molecular complexity index is 1260. The Balaban J connectivity index is 1.56. The molecule has 414 valence electrons. The van der Waals surface area contributed by atoms with E-state index in [1.54, 1.807) is 0 Å². The van der Waals surface area contributed by atoms with Crippen molar-refractivity contribution in [1.29, 1.82) is 0 Å². The molecule has 0 aromatic rings. The highest BCUT2D eigenvalue weighted by Crippen LogP contribution is 2.33. The molecule has 24 heteroatoms. The molecule has 4 saturated heterocycles. The summed E-state index contributed by atoms with van der Waals surface area (Å²) in [7, 11) is 0. The summed E-state index contributed by atoms with van der Waals surface area (Å²) in [6.45, 7) is 1.01. The fraction of sp³-hybridized carbons (Fsp3) is 1.00. The average molecular weight is 1020 g/mol. The van der Waals surface area contributed by atoms with Crippen molar-refractivity contribution in [3.05, 3.63) is 0 Å². The molecule has 22 atom stereocenters. The lowest BCUT2D eigenvalue weighted by Crippen LogP contribution is -2.66. The first-order valence-electron chi connectivity index (χ1n) is 25.3. The normalized spacial score (nSPS) is 39.3. The van der Waals surface area contributed by atoms with Crippen LogP contribution in [-0.2, 0) is 47.4 Å². The Morgan fingerprint density at radius 2 is 0.643 bits per heavy atom. The van der Waals surface area contributed by atoms with E-state index in [2.05, 4.69) is 13.8 Å². The second-order valence-corrected chi connectivity index (χ2v) is 18.8. The molecule has 4 aliphatic rings. The lowest BCUT2D eigenvalue weighted by Gasteiger charge is -2.47.